The van der Waals surface area contributed by atoms with Crippen molar-refractivity contribution >= 4 is 19.8 Å². The number of phosphoric acid groups is 1. The van der Waals surface area contributed by atoms with Crippen molar-refractivity contribution in [1.29, 1.82) is 0 Å². The summed E-state index contributed by atoms with van der Waals surface area (Å²) in [6.45, 7) is 3.93. The van der Waals surface area contributed by atoms with Crippen molar-refractivity contribution < 1.29 is 42.7 Å². The second-order valence-electron chi connectivity index (χ2n) is 17.3. The molecule has 0 aliphatic heterocycles. The number of carbonyl (C=O) groups is 2. The maximum atomic E-state index is 12.7. The highest BCUT2D eigenvalue weighted by atomic mass is 31.2. The number of allylic oxidation sites excluding steroid dienone is 2. The van der Waals surface area contributed by atoms with E-state index >= 15 is 0 Å². The summed E-state index contributed by atoms with van der Waals surface area (Å²) < 4.78 is 33.5. The van der Waals surface area contributed by atoms with Gasteiger partial charge in [0.2, 0.25) is 0 Å². The summed E-state index contributed by atoms with van der Waals surface area (Å²) >= 11 is 0. The Kier molecular flexibility index (Phi) is 44.7. The second kappa shape index (κ2) is 45.7. The molecule has 4 N–H and O–H groups in total. The summed E-state index contributed by atoms with van der Waals surface area (Å²) in [5.41, 5.74) is 5.37. The number of hydrogen-bond acceptors (Lipinski definition) is 8. The van der Waals surface area contributed by atoms with Gasteiger partial charge in [0.1, 0.15) is 12.1 Å². The predicted octanol–water partition coefficient (Wildman–Crippen LogP) is 14.5. The number of nitrogens with two attached hydrogens (primary N) is 1. The van der Waals surface area contributed by atoms with Crippen LogP contribution in [-0.2, 0) is 32.7 Å². The van der Waals surface area contributed by atoms with E-state index in [4.69, 9.17) is 29.4 Å². The average molecular weight is 874 g/mol. The van der Waals surface area contributed by atoms with Crippen LogP contribution in [0.4, 0.5) is 0 Å². The van der Waals surface area contributed by atoms with Gasteiger partial charge in [-0.25, -0.2) is 4.57 Å². The second-order valence-corrected chi connectivity index (χ2v) is 18.8. The zero-order valence-corrected chi connectivity index (χ0v) is 40.0. The van der Waals surface area contributed by atoms with Gasteiger partial charge in [-0.2, -0.15) is 0 Å². The number of carboxylic acid groups (broad SMARTS) is 1. The molecule has 60 heavy (non-hydrogen) atoms. The SMILES string of the molecule is CCCCCCCC/C=C\CCCCCCCCCCOCC(COP(=O)(O)OCC(N)C(=O)O)OC(=O)CCCCCCCCCCCCCCCCCCCCCC. The minimum absolute atomic E-state index is 0.0209. The summed E-state index contributed by atoms with van der Waals surface area (Å²) in [6.07, 6.45) is 49.8. The summed E-state index contributed by atoms with van der Waals surface area (Å²) in [6, 6.07) is -1.47. The first-order valence-electron chi connectivity index (χ1n) is 25.2. The number of hydrogen-bond donors (Lipinski definition) is 3. The molecule has 10 nitrogen and oxygen atoms in total. The number of esters is 1. The molecule has 0 aromatic carbocycles. The monoisotopic (exact) mass is 874 g/mol. The van der Waals surface area contributed by atoms with Gasteiger partial charge >= 0.3 is 19.8 Å². The van der Waals surface area contributed by atoms with E-state index < -0.39 is 45.1 Å². The zero-order chi connectivity index (χ0) is 44.0. The van der Waals surface area contributed by atoms with Gasteiger partial charge in [0.05, 0.1) is 19.8 Å². The topological polar surface area (TPSA) is 155 Å². The van der Waals surface area contributed by atoms with Crippen molar-refractivity contribution in [2.75, 3.05) is 26.4 Å². The molecule has 0 aliphatic rings. The Hall–Kier alpha value is -1.29. The van der Waals surface area contributed by atoms with E-state index in [9.17, 15) is 19.0 Å². The summed E-state index contributed by atoms with van der Waals surface area (Å²) in [5.74, 6) is -1.77. The number of phosphoric ester groups is 1. The fraction of sp³-hybridized carbons (Fsp3) is 0.918. The van der Waals surface area contributed by atoms with E-state index in [-0.39, 0.29) is 13.0 Å². The highest BCUT2D eigenvalue weighted by Gasteiger charge is 2.27. The van der Waals surface area contributed by atoms with Crippen LogP contribution in [0.1, 0.15) is 251 Å². The highest BCUT2D eigenvalue weighted by Crippen LogP contribution is 2.43. The molecule has 3 atom stereocenters. The van der Waals surface area contributed by atoms with Crippen LogP contribution in [-0.4, -0.2) is 60.5 Å². The number of unbranched alkanes of at least 4 members (excludes halogenated alkanes) is 33. The molecule has 11 heteroatoms. The normalized spacial score (nSPS) is 13.8. The van der Waals surface area contributed by atoms with Gasteiger partial charge in [-0.05, 0) is 38.5 Å². The van der Waals surface area contributed by atoms with Crippen LogP contribution in [0.25, 0.3) is 0 Å². The quantitative estimate of drug-likeness (QED) is 0.0233. The van der Waals surface area contributed by atoms with Crippen LogP contribution in [0.5, 0.6) is 0 Å². The predicted molar refractivity (Wildman–Crippen MR) is 249 cm³/mol. The molecule has 0 bridgehead atoms. The van der Waals surface area contributed by atoms with Crippen LogP contribution in [0.15, 0.2) is 12.2 Å². The molecule has 0 amide bonds. The molecule has 0 fully saturated rings. The third-order valence-corrected chi connectivity index (χ3v) is 12.2. The fourth-order valence-electron chi connectivity index (χ4n) is 7.37. The molecule has 0 rings (SSSR count). The minimum atomic E-state index is -4.62. The fourth-order valence-corrected chi connectivity index (χ4v) is 8.14. The van der Waals surface area contributed by atoms with E-state index in [1.165, 1.54) is 193 Å². The maximum absolute atomic E-state index is 12.7. The minimum Gasteiger partial charge on any atom is -0.480 e. The van der Waals surface area contributed by atoms with Crippen molar-refractivity contribution in [3.05, 3.63) is 12.2 Å². The van der Waals surface area contributed by atoms with Crippen LogP contribution in [0, 0.1) is 0 Å². The molecule has 0 saturated carbocycles. The van der Waals surface area contributed by atoms with Gasteiger partial charge in [-0.1, -0.05) is 219 Å². The number of rotatable bonds is 49. The van der Waals surface area contributed by atoms with Gasteiger partial charge < -0.3 is 25.2 Å². The van der Waals surface area contributed by atoms with Crippen LogP contribution < -0.4 is 5.73 Å². The lowest BCUT2D eigenvalue weighted by molar-refractivity contribution is -0.154. The number of carbonyl (C=O) groups excluding carboxylic acids is 1. The van der Waals surface area contributed by atoms with Crippen molar-refractivity contribution in [2.24, 2.45) is 5.73 Å². The van der Waals surface area contributed by atoms with E-state index in [0.717, 1.165) is 38.5 Å². The van der Waals surface area contributed by atoms with Crippen molar-refractivity contribution in [2.45, 2.75) is 264 Å². The third-order valence-electron chi connectivity index (χ3n) is 11.3. The molecule has 0 heterocycles. The van der Waals surface area contributed by atoms with Gasteiger partial charge in [0.25, 0.3) is 0 Å². The molecule has 0 aliphatic carbocycles. The summed E-state index contributed by atoms with van der Waals surface area (Å²) in [5, 5.41) is 8.92. The van der Waals surface area contributed by atoms with Gasteiger partial charge in [0, 0.05) is 13.0 Å². The van der Waals surface area contributed by atoms with E-state index in [0.29, 0.717) is 6.61 Å². The third kappa shape index (κ3) is 44.8. The molecule has 356 valence electrons. The smallest absolute Gasteiger partial charge is 0.472 e. The Morgan fingerprint density at radius 2 is 0.867 bits per heavy atom. The van der Waals surface area contributed by atoms with E-state index in [1.807, 2.05) is 0 Å². The van der Waals surface area contributed by atoms with Crippen LogP contribution in [0.2, 0.25) is 0 Å². The summed E-state index contributed by atoms with van der Waals surface area (Å²) in [4.78, 5) is 33.7. The van der Waals surface area contributed by atoms with E-state index in [2.05, 4.69) is 26.0 Å². The zero-order valence-electron chi connectivity index (χ0n) is 39.1. The number of ether oxygens (including phenoxy) is 2. The number of carboxylic acids is 1. The lowest BCUT2D eigenvalue weighted by Crippen LogP contribution is -2.34. The standard InChI is InChI=1S/C49H96NO9P/c1-3-5-7-9-11-13-15-17-19-21-23-24-25-27-29-31-33-35-37-39-41-48(51)59-46(44-57-60(54,55)58-45-47(50)49(52)53)43-56-42-40-38-36-34-32-30-28-26-22-20-18-16-14-12-10-8-6-4-2/h18,20,46-47H,3-17,19,21-45,50H2,1-2H3,(H,52,53)(H,54,55)/b20-18-. The first kappa shape index (κ1) is 58.7. The van der Waals surface area contributed by atoms with Gasteiger partial charge in [-0.15, -0.1) is 0 Å². The molecule has 0 radical (unpaired) electrons. The first-order valence-corrected chi connectivity index (χ1v) is 26.7. The maximum Gasteiger partial charge on any atom is 0.472 e. The van der Waals surface area contributed by atoms with E-state index in [1.54, 1.807) is 0 Å². The molecule has 0 aromatic heterocycles. The Bertz CT molecular complexity index is 1010. The Labute approximate surface area is 369 Å². The van der Waals surface area contributed by atoms with Gasteiger partial charge in [-0.3, -0.25) is 18.6 Å². The Morgan fingerprint density at radius 1 is 0.517 bits per heavy atom. The van der Waals surface area contributed by atoms with Crippen molar-refractivity contribution in [3.63, 3.8) is 0 Å². The molecular formula is C49H96NO9P. The van der Waals surface area contributed by atoms with Crippen molar-refractivity contribution in [3.8, 4) is 0 Å². The van der Waals surface area contributed by atoms with Crippen LogP contribution in [0.3, 0.4) is 0 Å². The molecular weight excluding hydrogens is 778 g/mol. The Balaban J connectivity index is 4.11. The first-order chi connectivity index (χ1) is 29.2. The highest BCUT2D eigenvalue weighted by molar-refractivity contribution is 7.47. The molecule has 3 unspecified atom stereocenters. The number of aliphatic carboxylic acids is 1. The van der Waals surface area contributed by atoms with Crippen LogP contribution >= 0.6 is 7.82 Å². The molecule has 0 spiro atoms. The average Bonchev–Trinajstić information content (AvgIpc) is 3.23. The molecule has 0 aromatic rings. The summed E-state index contributed by atoms with van der Waals surface area (Å²) in [7, 11) is -4.62. The Morgan fingerprint density at radius 3 is 1.27 bits per heavy atom. The van der Waals surface area contributed by atoms with Crippen molar-refractivity contribution in [1.82, 2.24) is 0 Å². The van der Waals surface area contributed by atoms with Gasteiger partial charge in [0.15, 0.2) is 0 Å². The lowest BCUT2D eigenvalue weighted by Gasteiger charge is -2.20. The lowest BCUT2D eigenvalue weighted by atomic mass is 10.0. The largest absolute Gasteiger partial charge is 0.480 e. The molecule has 0 saturated heterocycles.